The van der Waals surface area contributed by atoms with Gasteiger partial charge in [-0.1, -0.05) is 18.2 Å². The fraction of sp³-hybridized carbons (Fsp3) is 0.133. The molecule has 0 heterocycles. The van der Waals surface area contributed by atoms with E-state index in [-0.39, 0.29) is 16.7 Å². The molecule has 0 radical (unpaired) electrons. The number of rotatable bonds is 3. The molecular weight excluding hydrogens is 304 g/mol. The fourth-order valence-corrected chi connectivity index (χ4v) is 1.99. The van der Waals surface area contributed by atoms with Crippen molar-refractivity contribution >= 4 is 5.97 Å². The lowest BCUT2D eigenvalue weighted by molar-refractivity contribution is -0.147. The molecule has 0 fully saturated rings. The third-order valence-corrected chi connectivity index (χ3v) is 3.07. The number of halogens is 4. The van der Waals surface area contributed by atoms with Crippen LogP contribution >= 0.6 is 0 Å². The molecule has 0 saturated heterocycles. The fourth-order valence-electron chi connectivity index (χ4n) is 1.99. The summed E-state index contributed by atoms with van der Waals surface area (Å²) in [6.07, 6.45) is -6.41. The Hall–Kier alpha value is -2.41. The van der Waals surface area contributed by atoms with E-state index < -0.39 is 29.6 Å². The molecule has 0 aliphatic heterocycles. The lowest BCUT2D eigenvalue weighted by atomic mass is 9.95. The van der Waals surface area contributed by atoms with E-state index in [1.54, 1.807) is 0 Å². The minimum atomic E-state index is -4.51. The van der Waals surface area contributed by atoms with Crippen molar-refractivity contribution in [2.24, 2.45) is 0 Å². The molecule has 1 atom stereocenters. The predicted molar refractivity (Wildman–Crippen MR) is 69.4 cm³/mol. The second kappa shape index (κ2) is 5.76. The highest BCUT2D eigenvalue weighted by Gasteiger charge is 2.30. The molecule has 116 valence electrons. The Labute approximate surface area is 122 Å². The van der Waals surface area contributed by atoms with Crippen molar-refractivity contribution in [3.05, 3.63) is 59.4 Å². The lowest BCUT2D eigenvalue weighted by Gasteiger charge is -2.14. The van der Waals surface area contributed by atoms with E-state index in [0.29, 0.717) is 0 Å². The van der Waals surface area contributed by atoms with Crippen LogP contribution in [0.2, 0.25) is 0 Å². The van der Waals surface area contributed by atoms with Crippen LogP contribution in [0.1, 0.15) is 17.2 Å². The van der Waals surface area contributed by atoms with Crippen LogP contribution in [0.15, 0.2) is 42.5 Å². The first-order valence-corrected chi connectivity index (χ1v) is 6.08. The maximum absolute atomic E-state index is 13.4. The molecule has 0 spiro atoms. The Morgan fingerprint density at radius 3 is 2.14 bits per heavy atom. The molecule has 1 unspecified atom stereocenters. The summed E-state index contributed by atoms with van der Waals surface area (Å²) in [7, 11) is 0. The molecule has 0 bridgehead atoms. The number of benzene rings is 2. The number of aliphatic hydroxyl groups excluding tert-OH is 1. The summed E-state index contributed by atoms with van der Waals surface area (Å²) in [5.41, 5.74) is -0.798. The normalized spacial score (nSPS) is 13.0. The van der Waals surface area contributed by atoms with Crippen molar-refractivity contribution in [2.75, 3.05) is 0 Å². The summed E-state index contributed by atoms with van der Waals surface area (Å²) >= 11 is 0. The molecule has 2 N–H and O–H groups in total. The summed E-state index contributed by atoms with van der Waals surface area (Å²) in [5, 5.41) is 18.4. The van der Waals surface area contributed by atoms with Crippen LogP contribution in [0, 0.1) is 5.82 Å². The van der Waals surface area contributed by atoms with Crippen molar-refractivity contribution < 1.29 is 32.6 Å². The van der Waals surface area contributed by atoms with Gasteiger partial charge in [-0.25, -0.2) is 9.18 Å². The third kappa shape index (κ3) is 3.25. The number of carboxylic acid groups (broad SMARTS) is 1. The first kappa shape index (κ1) is 16.0. The molecule has 7 heteroatoms. The van der Waals surface area contributed by atoms with E-state index in [4.69, 9.17) is 5.11 Å². The molecule has 0 saturated carbocycles. The SMILES string of the molecule is O=C(O)C(O)c1ccc(F)cc1-c1ccc(C(F)(F)F)cc1. The van der Waals surface area contributed by atoms with Crippen molar-refractivity contribution in [3.63, 3.8) is 0 Å². The van der Waals surface area contributed by atoms with E-state index in [9.17, 15) is 27.5 Å². The number of carbonyl (C=O) groups is 1. The molecule has 0 aliphatic rings. The van der Waals surface area contributed by atoms with Crippen molar-refractivity contribution in [2.45, 2.75) is 12.3 Å². The van der Waals surface area contributed by atoms with Gasteiger partial charge >= 0.3 is 12.1 Å². The highest BCUT2D eigenvalue weighted by atomic mass is 19.4. The molecule has 3 nitrogen and oxygen atoms in total. The first-order chi connectivity index (χ1) is 10.2. The maximum Gasteiger partial charge on any atom is 0.416 e. The predicted octanol–water partition coefficient (Wildman–Crippen LogP) is 3.63. The largest absolute Gasteiger partial charge is 0.479 e. The van der Waals surface area contributed by atoms with Gasteiger partial charge in [-0.3, -0.25) is 0 Å². The number of aliphatic hydroxyl groups is 1. The van der Waals surface area contributed by atoms with Crippen molar-refractivity contribution in [3.8, 4) is 11.1 Å². The Bertz CT molecular complexity index is 693. The third-order valence-electron chi connectivity index (χ3n) is 3.07. The van der Waals surface area contributed by atoms with E-state index in [2.05, 4.69) is 0 Å². The van der Waals surface area contributed by atoms with Crippen LogP contribution in [0.4, 0.5) is 17.6 Å². The maximum atomic E-state index is 13.4. The Balaban J connectivity index is 2.52. The molecular formula is C15H10F4O3. The Kier molecular flexibility index (Phi) is 4.18. The van der Waals surface area contributed by atoms with E-state index in [0.717, 1.165) is 42.5 Å². The monoisotopic (exact) mass is 314 g/mol. The molecule has 0 aliphatic carbocycles. The molecule has 0 amide bonds. The zero-order valence-corrected chi connectivity index (χ0v) is 10.9. The van der Waals surface area contributed by atoms with Gasteiger partial charge in [0.05, 0.1) is 5.56 Å². The van der Waals surface area contributed by atoms with Gasteiger partial charge in [0.2, 0.25) is 0 Å². The average molecular weight is 314 g/mol. The second-order valence-electron chi connectivity index (χ2n) is 4.55. The first-order valence-electron chi connectivity index (χ1n) is 6.08. The lowest BCUT2D eigenvalue weighted by Crippen LogP contribution is -2.12. The number of hydrogen-bond acceptors (Lipinski definition) is 2. The van der Waals surface area contributed by atoms with Gasteiger partial charge in [-0.15, -0.1) is 0 Å². The van der Waals surface area contributed by atoms with E-state index in [1.165, 1.54) is 0 Å². The van der Waals surface area contributed by atoms with Crippen LogP contribution in [-0.4, -0.2) is 16.2 Å². The van der Waals surface area contributed by atoms with Crippen LogP contribution in [0.25, 0.3) is 11.1 Å². The summed E-state index contributed by atoms with van der Waals surface area (Å²) in [6, 6.07) is 6.81. The summed E-state index contributed by atoms with van der Waals surface area (Å²) in [4.78, 5) is 10.9. The number of aliphatic carboxylic acids is 1. The molecule has 0 aromatic heterocycles. The smallest absolute Gasteiger partial charge is 0.416 e. The van der Waals surface area contributed by atoms with Gasteiger partial charge in [0.25, 0.3) is 0 Å². The van der Waals surface area contributed by atoms with Crippen LogP contribution in [0.3, 0.4) is 0 Å². The number of alkyl halides is 3. The summed E-state index contributed by atoms with van der Waals surface area (Å²) < 4.78 is 50.9. The van der Waals surface area contributed by atoms with Gasteiger partial charge in [0.15, 0.2) is 6.10 Å². The Morgan fingerprint density at radius 2 is 1.64 bits per heavy atom. The minimum Gasteiger partial charge on any atom is -0.479 e. The minimum absolute atomic E-state index is 0.0172. The standard InChI is InChI=1S/C15H10F4O3/c16-10-5-6-11(13(20)14(21)22)12(7-10)8-1-3-9(4-2-8)15(17,18)19/h1-7,13,20H,(H,21,22). The average Bonchev–Trinajstić information content (AvgIpc) is 2.45. The highest BCUT2D eigenvalue weighted by molar-refractivity contribution is 5.79. The van der Waals surface area contributed by atoms with Gasteiger partial charge in [0.1, 0.15) is 5.82 Å². The van der Waals surface area contributed by atoms with Gasteiger partial charge in [-0.05, 0) is 41.0 Å². The zero-order chi connectivity index (χ0) is 16.5. The van der Waals surface area contributed by atoms with Crippen molar-refractivity contribution in [1.29, 1.82) is 0 Å². The second-order valence-corrected chi connectivity index (χ2v) is 4.55. The molecule has 22 heavy (non-hydrogen) atoms. The summed E-state index contributed by atoms with van der Waals surface area (Å²) in [6.45, 7) is 0. The molecule has 2 aromatic carbocycles. The highest BCUT2D eigenvalue weighted by Crippen LogP contribution is 2.33. The number of carboxylic acids is 1. The molecule has 2 aromatic rings. The van der Waals surface area contributed by atoms with Gasteiger partial charge in [-0.2, -0.15) is 13.2 Å². The van der Waals surface area contributed by atoms with Gasteiger partial charge < -0.3 is 10.2 Å². The van der Waals surface area contributed by atoms with Crippen LogP contribution < -0.4 is 0 Å². The zero-order valence-electron chi connectivity index (χ0n) is 10.9. The van der Waals surface area contributed by atoms with Crippen molar-refractivity contribution in [1.82, 2.24) is 0 Å². The quantitative estimate of drug-likeness (QED) is 0.851. The Morgan fingerprint density at radius 1 is 1.05 bits per heavy atom. The summed E-state index contributed by atoms with van der Waals surface area (Å²) in [5.74, 6) is -2.24. The number of hydrogen-bond donors (Lipinski definition) is 2. The topological polar surface area (TPSA) is 57.5 Å². The van der Waals surface area contributed by atoms with E-state index >= 15 is 0 Å². The van der Waals surface area contributed by atoms with Gasteiger partial charge in [0, 0.05) is 0 Å². The van der Waals surface area contributed by atoms with Crippen LogP contribution in [0.5, 0.6) is 0 Å². The van der Waals surface area contributed by atoms with E-state index in [1.807, 2.05) is 0 Å². The molecule has 2 rings (SSSR count). The van der Waals surface area contributed by atoms with Crippen LogP contribution in [-0.2, 0) is 11.0 Å².